The first-order chi connectivity index (χ1) is 26.4. The van der Waals surface area contributed by atoms with Crippen LogP contribution in [0.1, 0.15) is 123 Å². The van der Waals surface area contributed by atoms with Crippen molar-refractivity contribution in [3.05, 3.63) is 40.7 Å². The van der Waals surface area contributed by atoms with Crippen molar-refractivity contribution >= 4 is 23.7 Å². The van der Waals surface area contributed by atoms with E-state index in [1.807, 2.05) is 0 Å². The van der Waals surface area contributed by atoms with E-state index in [0.29, 0.717) is 67.7 Å². The highest BCUT2D eigenvalue weighted by Gasteiger charge is 2.54. The van der Waals surface area contributed by atoms with Gasteiger partial charge in [-0.2, -0.15) is 0 Å². The summed E-state index contributed by atoms with van der Waals surface area (Å²) in [7, 11) is 0. The summed E-state index contributed by atoms with van der Waals surface area (Å²) < 4.78 is 13.5. The minimum absolute atomic E-state index is 0.00370. The van der Waals surface area contributed by atoms with Gasteiger partial charge in [0.1, 0.15) is 24.5 Å². The monoisotopic (exact) mass is 770 g/mol. The normalized spacial score (nSPS) is 28.5. The fourth-order valence-electron chi connectivity index (χ4n) is 8.02. The quantitative estimate of drug-likeness (QED) is 0.232. The summed E-state index contributed by atoms with van der Waals surface area (Å²) in [4.78, 5) is 51.8. The van der Waals surface area contributed by atoms with Crippen molar-refractivity contribution in [2.75, 3.05) is 19.7 Å². The average Bonchev–Trinajstić information content (AvgIpc) is 3.62. The lowest BCUT2D eigenvalue weighted by Crippen LogP contribution is -2.67. The van der Waals surface area contributed by atoms with E-state index in [0.717, 1.165) is 44.2 Å². The van der Waals surface area contributed by atoms with Crippen molar-refractivity contribution in [2.24, 2.45) is 0 Å². The number of carboxylic acid groups (broad SMARTS) is 1. The van der Waals surface area contributed by atoms with Crippen LogP contribution in [-0.4, -0.2) is 115 Å². The van der Waals surface area contributed by atoms with Crippen LogP contribution in [0.15, 0.2) is 18.3 Å². The molecule has 6 rings (SSSR count). The zero-order valence-electron chi connectivity index (χ0n) is 32.0. The lowest BCUT2D eigenvalue weighted by molar-refractivity contribution is -0.229. The number of hydrogen-bond acceptors (Lipinski definition) is 11. The Morgan fingerprint density at radius 3 is 2.36 bits per heavy atom. The molecule has 55 heavy (non-hydrogen) atoms. The molecule has 3 amide bonds. The number of nitrogens with one attached hydrogen (secondary N) is 3. The number of aliphatic hydroxyl groups is 3. The summed E-state index contributed by atoms with van der Waals surface area (Å²) in [6, 6.07) is 1.97. The van der Waals surface area contributed by atoms with E-state index < -0.39 is 60.4 Å². The number of aryl methyl sites for hydroxylation is 2. The van der Waals surface area contributed by atoms with E-state index in [4.69, 9.17) is 9.47 Å². The third-order valence-electron chi connectivity index (χ3n) is 11.1. The van der Waals surface area contributed by atoms with Crippen molar-refractivity contribution in [3.8, 4) is 5.75 Å². The Morgan fingerprint density at radius 2 is 1.64 bits per heavy atom. The van der Waals surface area contributed by atoms with Gasteiger partial charge in [0.2, 0.25) is 11.8 Å². The van der Waals surface area contributed by atoms with Gasteiger partial charge in [0.05, 0.1) is 30.6 Å². The average molecular weight is 771 g/mol. The summed E-state index contributed by atoms with van der Waals surface area (Å²) >= 11 is 0. The number of hydrogen-bond donors (Lipinski definition) is 7. The first-order valence-corrected chi connectivity index (χ1v) is 19.8. The van der Waals surface area contributed by atoms with Gasteiger partial charge in [-0.3, -0.25) is 14.4 Å². The molecule has 0 radical (unpaired) electrons. The van der Waals surface area contributed by atoms with E-state index in [1.54, 1.807) is 32.2 Å². The molecule has 1 unspecified atom stereocenters. The van der Waals surface area contributed by atoms with Crippen LogP contribution in [0.25, 0.3) is 0 Å². The molecule has 16 nitrogen and oxygen atoms in total. The van der Waals surface area contributed by atoms with Crippen LogP contribution in [-0.2, 0) is 25.7 Å². The maximum absolute atomic E-state index is 13.4. The second-order valence-electron chi connectivity index (χ2n) is 15.4. The second-order valence-corrected chi connectivity index (χ2v) is 15.4. The number of fused-ring (bicyclic) bond motifs is 18. The van der Waals surface area contributed by atoms with Crippen molar-refractivity contribution < 1.29 is 49.1 Å². The fraction of sp³-hybridized carbons (Fsp3) is 0.692. The Morgan fingerprint density at radius 1 is 0.945 bits per heavy atom. The molecule has 1 aromatic carbocycles. The van der Waals surface area contributed by atoms with Crippen LogP contribution in [0.3, 0.4) is 0 Å². The van der Waals surface area contributed by atoms with Gasteiger partial charge >= 0.3 is 5.97 Å². The van der Waals surface area contributed by atoms with Gasteiger partial charge < -0.3 is 45.9 Å². The van der Waals surface area contributed by atoms with Gasteiger partial charge in [0.25, 0.3) is 5.91 Å². The summed E-state index contributed by atoms with van der Waals surface area (Å²) in [5.74, 6) is -1.62. The number of carbonyl (C=O) groups excluding carboxylic acids is 3. The fourth-order valence-corrected chi connectivity index (χ4v) is 8.02. The number of aliphatic carboxylic acids is 1. The second kappa shape index (κ2) is 19.6. The highest BCUT2D eigenvalue weighted by atomic mass is 16.6. The van der Waals surface area contributed by atoms with E-state index in [1.165, 1.54) is 11.1 Å². The third-order valence-corrected chi connectivity index (χ3v) is 11.1. The van der Waals surface area contributed by atoms with Gasteiger partial charge in [0, 0.05) is 43.6 Å². The molecule has 1 saturated heterocycles. The first kappa shape index (κ1) is 42.0. The number of nitrogens with zero attached hydrogens (tertiary/aromatic N) is 3. The van der Waals surface area contributed by atoms with E-state index in [-0.39, 0.29) is 31.2 Å². The summed E-state index contributed by atoms with van der Waals surface area (Å²) in [5, 5.41) is 61.3. The number of aromatic nitrogens is 3. The molecule has 304 valence electrons. The minimum Gasteiger partial charge on any atom is -0.493 e. The van der Waals surface area contributed by atoms with Crippen molar-refractivity contribution in [1.29, 1.82) is 0 Å². The standard InChI is InChI=1S/C39H58N6O10/c1-24-18-27-19-25(2)35(24)54-17-11-16-40-31(48)14-9-4-3-5-10-15-39(38(52)53)20-29(46)33(36(55-39)34(50)30(47)21-41-37(27)51)42-32(49)23-45-22-28(43-44-45)26-12-7-6-8-13-26/h18-19,22,26,29-30,33-34,36,46-47,50H,3-17,20-21,23H2,1-2H3,(H,40,48)(H,41,51)(H,42,49)(H,52,53)/t29-,30+,33+,34+,36?,39+/m0/s1. The maximum atomic E-state index is 13.4. The zero-order chi connectivity index (χ0) is 39.5. The number of carboxylic acids is 1. The van der Waals surface area contributed by atoms with Gasteiger partial charge in [0.15, 0.2) is 5.60 Å². The molecule has 1 aliphatic carbocycles. The molecule has 2 aromatic rings. The van der Waals surface area contributed by atoms with Crippen LogP contribution in [0.4, 0.5) is 0 Å². The molecule has 4 bridgehead atoms. The molecule has 7 N–H and O–H groups in total. The van der Waals surface area contributed by atoms with Crippen molar-refractivity contribution in [2.45, 2.75) is 152 Å². The number of rotatable bonds is 5. The van der Waals surface area contributed by atoms with Crippen LogP contribution in [0.5, 0.6) is 5.75 Å². The third kappa shape index (κ3) is 11.2. The van der Waals surface area contributed by atoms with Gasteiger partial charge in [-0.1, -0.05) is 43.7 Å². The van der Waals surface area contributed by atoms with Gasteiger partial charge in [-0.05, 0) is 75.6 Å². The lowest BCUT2D eigenvalue weighted by atomic mass is 9.80. The molecule has 1 aromatic heterocycles. The number of benzene rings is 1. The van der Waals surface area contributed by atoms with Gasteiger partial charge in [-0.25, -0.2) is 9.48 Å². The minimum atomic E-state index is -1.93. The van der Waals surface area contributed by atoms with E-state index >= 15 is 0 Å². The highest BCUT2D eigenvalue weighted by Crippen LogP contribution is 2.37. The van der Waals surface area contributed by atoms with Crippen molar-refractivity contribution in [3.63, 3.8) is 0 Å². The van der Waals surface area contributed by atoms with Gasteiger partial charge in [-0.15, -0.1) is 5.10 Å². The number of carbonyl (C=O) groups is 4. The van der Waals surface area contributed by atoms with E-state index in [9.17, 15) is 39.6 Å². The molecule has 3 aliphatic heterocycles. The molecular weight excluding hydrogens is 712 g/mol. The number of amides is 3. The molecule has 4 aliphatic rings. The smallest absolute Gasteiger partial charge is 0.336 e. The molecule has 6 atom stereocenters. The van der Waals surface area contributed by atoms with Crippen molar-refractivity contribution in [1.82, 2.24) is 30.9 Å². The van der Waals surface area contributed by atoms with Crippen LogP contribution < -0.4 is 20.7 Å². The molecule has 0 spiro atoms. The Bertz CT molecular complexity index is 1610. The summed E-state index contributed by atoms with van der Waals surface area (Å²) in [6.45, 7) is 3.75. The Hall–Kier alpha value is -4.12. The number of ether oxygens (including phenoxy) is 2. The summed E-state index contributed by atoms with van der Waals surface area (Å²) in [5.41, 5.74) is 0.597. The molecule has 2 fully saturated rings. The molecule has 16 heteroatoms. The summed E-state index contributed by atoms with van der Waals surface area (Å²) in [6.07, 6.45) is 4.39. The molecule has 1 saturated carbocycles. The predicted octanol–water partition coefficient (Wildman–Crippen LogP) is 2.18. The molecular formula is C39H58N6O10. The largest absolute Gasteiger partial charge is 0.493 e. The van der Waals surface area contributed by atoms with Crippen LogP contribution >= 0.6 is 0 Å². The SMILES string of the molecule is Cc1cc2cc(C)c1OCCCNC(=O)CCCCCCC[C@]1(C(=O)O)C[C@H](O)[C@@H](NC(=O)Cn3cc(C4CCCCC4)nn3)C(O1)[C@H](O)[C@H](O)CNC2=O. The maximum Gasteiger partial charge on any atom is 0.336 e. The molecule has 4 heterocycles. The first-order valence-electron chi connectivity index (χ1n) is 19.8. The lowest BCUT2D eigenvalue weighted by Gasteiger charge is -2.47. The van der Waals surface area contributed by atoms with E-state index in [2.05, 4.69) is 26.3 Å². The van der Waals surface area contributed by atoms with Crippen LogP contribution in [0.2, 0.25) is 0 Å². The highest BCUT2D eigenvalue weighted by molar-refractivity contribution is 5.95. The predicted molar refractivity (Wildman–Crippen MR) is 199 cm³/mol. The zero-order valence-corrected chi connectivity index (χ0v) is 32.0. The Balaban J connectivity index is 1.34. The number of aliphatic hydroxyl groups excluding tert-OH is 3. The Kier molecular flexibility index (Phi) is 15.0. The topological polar surface area (TPSA) is 234 Å². The van der Waals surface area contributed by atoms with Crippen LogP contribution in [0, 0.1) is 13.8 Å². The Labute approximate surface area is 321 Å².